The van der Waals surface area contributed by atoms with Crippen molar-refractivity contribution < 1.29 is 0 Å². The first-order valence-electron chi connectivity index (χ1n) is 5.63. The van der Waals surface area contributed by atoms with Gasteiger partial charge in [0.15, 0.2) is 0 Å². The molecule has 1 N–H and O–H groups in total. The van der Waals surface area contributed by atoms with Crippen molar-refractivity contribution in [2.45, 2.75) is 38.6 Å². The van der Waals surface area contributed by atoms with Crippen LogP contribution in [0.4, 0.5) is 0 Å². The Hall–Kier alpha value is -0.830. The van der Waals surface area contributed by atoms with Gasteiger partial charge in [-0.15, -0.1) is 0 Å². The summed E-state index contributed by atoms with van der Waals surface area (Å²) in [5.74, 6) is 1.23. The third-order valence-corrected chi connectivity index (χ3v) is 3.47. The molecular formula is C11H17N3. The SMILES string of the molecule is Cc1nc2c(n1C1CNC1)CCCC2. The maximum Gasteiger partial charge on any atom is 0.106 e. The average molecular weight is 191 g/mol. The molecule has 0 spiro atoms. The minimum Gasteiger partial charge on any atom is -0.326 e. The van der Waals surface area contributed by atoms with E-state index in [1.165, 1.54) is 42.9 Å². The highest BCUT2D eigenvalue weighted by atomic mass is 15.2. The van der Waals surface area contributed by atoms with Crippen LogP contribution in [-0.4, -0.2) is 22.6 Å². The summed E-state index contributed by atoms with van der Waals surface area (Å²) in [7, 11) is 0. The molecule has 0 bridgehead atoms. The zero-order valence-corrected chi connectivity index (χ0v) is 8.71. The Morgan fingerprint density at radius 2 is 2.07 bits per heavy atom. The molecule has 1 aliphatic carbocycles. The van der Waals surface area contributed by atoms with Crippen LogP contribution in [0.2, 0.25) is 0 Å². The average Bonchev–Trinajstić information content (AvgIpc) is 2.41. The van der Waals surface area contributed by atoms with Gasteiger partial charge in [-0.1, -0.05) is 0 Å². The molecule has 0 saturated carbocycles. The molecular weight excluding hydrogens is 174 g/mol. The molecule has 3 nitrogen and oxygen atoms in total. The Labute approximate surface area is 84.5 Å². The lowest BCUT2D eigenvalue weighted by Crippen LogP contribution is -2.44. The van der Waals surface area contributed by atoms with Gasteiger partial charge in [-0.2, -0.15) is 0 Å². The van der Waals surface area contributed by atoms with Crippen LogP contribution in [-0.2, 0) is 12.8 Å². The number of fused-ring (bicyclic) bond motifs is 1. The van der Waals surface area contributed by atoms with E-state index in [0.717, 1.165) is 13.1 Å². The van der Waals surface area contributed by atoms with E-state index in [2.05, 4.69) is 21.8 Å². The Bertz CT molecular complexity index is 350. The molecule has 14 heavy (non-hydrogen) atoms. The summed E-state index contributed by atoms with van der Waals surface area (Å²) in [5, 5.41) is 3.33. The fourth-order valence-corrected chi connectivity index (χ4v) is 2.64. The fraction of sp³-hybridized carbons (Fsp3) is 0.727. The Kier molecular flexibility index (Phi) is 1.87. The van der Waals surface area contributed by atoms with Crippen molar-refractivity contribution in [2.75, 3.05) is 13.1 Å². The first-order valence-corrected chi connectivity index (χ1v) is 5.63. The summed E-state index contributed by atoms with van der Waals surface area (Å²) < 4.78 is 2.48. The summed E-state index contributed by atoms with van der Waals surface area (Å²) >= 11 is 0. The van der Waals surface area contributed by atoms with Crippen molar-refractivity contribution in [1.82, 2.24) is 14.9 Å². The van der Waals surface area contributed by atoms with Gasteiger partial charge in [0.05, 0.1) is 11.7 Å². The van der Waals surface area contributed by atoms with Gasteiger partial charge < -0.3 is 9.88 Å². The molecule has 2 heterocycles. The van der Waals surface area contributed by atoms with Gasteiger partial charge >= 0.3 is 0 Å². The smallest absolute Gasteiger partial charge is 0.106 e. The monoisotopic (exact) mass is 191 g/mol. The van der Waals surface area contributed by atoms with Crippen molar-refractivity contribution >= 4 is 0 Å². The van der Waals surface area contributed by atoms with Crippen LogP contribution in [0.3, 0.4) is 0 Å². The van der Waals surface area contributed by atoms with E-state index in [-0.39, 0.29) is 0 Å². The number of aromatic nitrogens is 2. The minimum absolute atomic E-state index is 0.685. The summed E-state index contributed by atoms with van der Waals surface area (Å²) in [6.45, 7) is 4.41. The molecule has 2 aliphatic rings. The zero-order chi connectivity index (χ0) is 9.54. The first kappa shape index (κ1) is 8.48. The van der Waals surface area contributed by atoms with Gasteiger partial charge in [0.1, 0.15) is 5.82 Å². The number of hydrogen-bond acceptors (Lipinski definition) is 2. The molecule has 3 heteroatoms. The van der Waals surface area contributed by atoms with Crippen molar-refractivity contribution in [2.24, 2.45) is 0 Å². The lowest BCUT2D eigenvalue weighted by atomic mass is 10.00. The summed E-state index contributed by atoms with van der Waals surface area (Å²) in [6.07, 6.45) is 5.11. The molecule has 0 atom stereocenters. The topological polar surface area (TPSA) is 29.9 Å². The van der Waals surface area contributed by atoms with Gasteiger partial charge in [-0.25, -0.2) is 4.98 Å². The van der Waals surface area contributed by atoms with E-state index in [1.807, 2.05) is 0 Å². The predicted molar refractivity (Wildman–Crippen MR) is 55.5 cm³/mol. The van der Waals surface area contributed by atoms with E-state index in [1.54, 1.807) is 0 Å². The normalized spacial score (nSPS) is 21.8. The van der Waals surface area contributed by atoms with Crippen LogP contribution in [0, 0.1) is 6.92 Å². The lowest BCUT2D eigenvalue weighted by molar-refractivity contribution is 0.329. The number of nitrogens with zero attached hydrogens (tertiary/aromatic N) is 2. The van der Waals surface area contributed by atoms with Crippen molar-refractivity contribution in [3.8, 4) is 0 Å². The van der Waals surface area contributed by atoms with Crippen LogP contribution >= 0.6 is 0 Å². The highest BCUT2D eigenvalue weighted by Crippen LogP contribution is 2.26. The standard InChI is InChI=1S/C11H17N3/c1-8-13-10-4-2-3-5-11(10)14(8)9-6-12-7-9/h9,12H,2-7H2,1H3. The van der Waals surface area contributed by atoms with Crippen LogP contribution in [0.25, 0.3) is 0 Å². The van der Waals surface area contributed by atoms with E-state index < -0.39 is 0 Å². The molecule has 76 valence electrons. The molecule has 1 aromatic rings. The van der Waals surface area contributed by atoms with E-state index in [9.17, 15) is 0 Å². The zero-order valence-electron chi connectivity index (χ0n) is 8.71. The van der Waals surface area contributed by atoms with Gasteiger partial charge in [0.25, 0.3) is 0 Å². The van der Waals surface area contributed by atoms with Gasteiger partial charge in [0.2, 0.25) is 0 Å². The molecule has 1 fully saturated rings. The predicted octanol–water partition coefficient (Wildman–Crippen LogP) is 1.21. The summed E-state index contributed by atoms with van der Waals surface area (Å²) in [4.78, 5) is 4.69. The Morgan fingerprint density at radius 1 is 1.29 bits per heavy atom. The van der Waals surface area contributed by atoms with Crippen molar-refractivity contribution in [3.05, 3.63) is 17.2 Å². The van der Waals surface area contributed by atoms with Crippen LogP contribution in [0.15, 0.2) is 0 Å². The molecule has 1 saturated heterocycles. The molecule has 0 unspecified atom stereocenters. The van der Waals surface area contributed by atoms with Crippen LogP contribution < -0.4 is 5.32 Å². The second-order valence-corrected chi connectivity index (χ2v) is 4.44. The second kappa shape index (κ2) is 3.09. The van der Waals surface area contributed by atoms with Gasteiger partial charge in [-0.05, 0) is 32.6 Å². The number of rotatable bonds is 1. The van der Waals surface area contributed by atoms with Gasteiger partial charge in [0, 0.05) is 18.8 Å². The van der Waals surface area contributed by atoms with Crippen LogP contribution in [0.5, 0.6) is 0 Å². The minimum atomic E-state index is 0.685. The highest BCUT2D eigenvalue weighted by Gasteiger charge is 2.26. The van der Waals surface area contributed by atoms with E-state index in [0.29, 0.717) is 6.04 Å². The number of hydrogen-bond donors (Lipinski definition) is 1. The third kappa shape index (κ3) is 1.12. The highest BCUT2D eigenvalue weighted by molar-refractivity contribution is 5.21. The number of nitrogens with one attached hydrogen (secondary N) is 1. The third-order valence-electron chi connectivity index (χ3n) is 3.47. The Balaban J connectivity index is 2.03. The second-order valence-electron chi connectivity index (χ2n) is 4.44. The molecule has 1 aromatic heterocycles. The molecule has 0 aromatic carbocycles. The maximum atomic E-state index is 4.69. The Morgan fingerprint density at radius 3 is 2.79 bits per heavy atom. The van der Waals surface area contributed by atoms with Crippen LogP contribution in [0.1, 0.15) is 36.1 Å². The lowest BCUT2D eigenvalue weighted by Gasteiger charge is -2.31. The fourth-order valence-electron chi connectivity index (χ4n) is 2.64. The van der Waals surface area contributed by atoms with Crippen molar-refractivity contribution in [3.63, 3.8) is 0 Å². The molecule has 1 aliphatic heterocycles. The quantitative estimate of drug-likeness (QED) is 0.723. The number of aryl methyl sites for hydroxylation is 2. The van der Waals surface area contributed by atoms with E-state index in [4.69, 9.17) is 0 Å². The summed E-state index contributed by atoms with van der Waals surface area (Å²) in [5.41, 5.74) is 2.90. The number of imidazole rings is 1. The first-order chi connectivity index (χ1) is 6.86. The molecule has 3 rings (SSSR count). The molecule has 0 amide bonds. The van der Waals surface area contributed by atoms with Gasteiger partial charge in [-0.3, -0.25) is 0 Å². The summed E-state index contributed by atoms with van der Waals surface area (Å²) in [6, 6.07) is 0.685. The van der Waals surface area contributed by atoms with Crippen molar-refractivity contribution in [1.29, 1.82) is 0 Å². The van der Waals surface area contributed by atoms with E-state index >= 15 is 0 Å². The largest absolute Gasteiger partial charge is 0.326 e. The maximum absolute atomic E-state index is 4.69. The molecule has 0 radical (unpaired) electrons.